The van der Waals surface area contributed by atoms with Crippen LogP contribution in [0.15, 0.2) is 12.3 Å². The van der Waals surface area contributed by atoms with Gasteiger partial charge in [-0.2, -0.15) is 0 Å². The van der Waals surface area contributed by atoms with Gasteiger partial charge in [-0.15, -0.1) is 0 Å². The third kappa shape index (κ3) is 3.58. The summed E-state index contributed by atoms with van der Waals surface area (Å²) in [5.74, 6) is -1.24. The Balaban J connectivity index is 2.94. The summed E-state index contributed by atoms with van der Waals surface area (Å²) in [6.45, 7) is 3.55. The molecule has 0 bridgehead atoms. The van der Waals surface area contributed by atoms with Gasteiger partial charge in [0, 0.05) is 6.20 Å². The quantitative estimate of drug-likeness (QED) is 0.826. The van der Waals surface area contributed by atoms with Gasteiger partial charge in [-0.05, 0) is 12.0 Å². The van der Waals surface area contributed by atoms with E-state index in [-0.39, 0.29) is 21.7 Å². The standard InChI is InChI=1S/C11H13Cl2N3O2/c1-5(2)9(10(14)17)16-11(18)6-3-8(13)15-4-7(6)12/h3-5,9H,1-2H3,(H2,14,17)(H,16,18). The Kier molecular flexibility index (Phi) is 4.93. The zero-order chi connectivity index (χ0) is 13.9. The minimum atomic E-state index is -0.763. The smallest absolute Gasteiger partial charge is 0.253 e. The van der Waals surface area contributed by atoms with Gasteiger partial charge in [0.2, 0.25) is 5.91 Å². The van der Waals surface area contributed by atoms with Crippen LogP contribution < -0.4 is 11.1 Å². The van der Waals surface area contributed by atoms with Gasteiger partial charge in [0.1, 0.15) is 11.2 Å². The molecule has 0 aliphatic heterocycles. The Morgan fingerprint density at radius 1 is 1.39 bits per heavy atom. The monoisotopic (exact) mass is 289 g/mol. The lowest BCUT2D eigenvalue weighted by Gasteiger charge is -2.19. The van der Waals surface area contributed by atoms with Crippen molar-refractivity contribution in [3.05, 3.63) is 28.0 Å². The van der Waals surface area contributed by atoms with E-state index in [4.69, 9.17) is 28.9 Å². The molecule has 0 aliphatic rings. The van der Waals surface area contributed by atoms with Crippen molar-refractivity contribution in [3.8, 4) is 0 Å². The van der Waals surface area contributed by atoms with Gasteiger partial charge in [-0.25, -0.2) is 4.98 Å². The summed E-state index contributed by atoms with van der Waals surface area (Å²) < 4.78 is 0. The summed E-state index contributed by atoms with van der Waals surface area (Å²) in [5, 5.41) is 2.82. The maximum absolute atomic E-state index is 11.9. The van der Waals surface area contributed by atoms with Crippen molar-refractivity contribution in [3.63, 3.8) is 0 Å². The normalized spacial score (nSPS) is 12.3. The van der Waals surface area contributed by atoms with Crippen LogP contribution in [0, 0.1) is 5.92 Å². The second kappa shape index (κ2) is 6.02. The number of aromatic nitrogens is 1. The average molecular weight is 290 g/mol. The van der Waals surface area contributed by atoms with Crippen molar-refractivity contribution in [2.75, 3.05) is 0 Å². The highest BCUT2D eigenvalue weighted by Gasteiger charge is 2.23. The molecule has 98 valence electrons. The fraction of sp³-hybridized carbons (Fsp3) is 0.364. The van der Waals surface area contributed by atoms with Crippen LogP contribution in [0.2, 0.25) is 10.2 Å². The van der Waals surface area contributed by atoms with Crippen molar-refractivity contribution in [1.29, 1.82) is 0 Å². The Morgan fingerprint density at radius 3 is 2.50 bits per heavy atom. The molecule has 1 atom stereocenters. The topological polar surface area (TPSA) is 85.1 Å². The molecule has 0 saturated carbocycles. The number of hydrogen-bond donors (Lipinski definition) is 2. The number of halogens is 2. The molecule has 0 spiro atoms. The number of nitrogens with zero attached hydrogens (tertiary/aromatic N) is 1. The summed E-state index contributed by atoms with van der Waals surface area (Å²) >= 11 is 11.5. The van der Waals surface area contributed by atoms with Gasteiger partial charge < -0.3 is 11.1 Å². The summed E-state index contributed by atoms with van der Waals surface area (Å²) in [5.41, 5.74) is 5.36. The van der Waals surface area contributed by atoms with E-state index in [2.05, 4.69) is 10.3 Å². The first-order valence-electron chi connectivity index (χ1n) is 5.24. The van der Waals surface area contributed by atoms with Crippen molar-refractivity contribution in [1.82, 2.24) is 10.3 Å². The number of hydrogen-bond acceptors (Lipinski definition) is 3. The molecule has 0 fully saturated rings. The number of rotatable bonds is 4. The molecule has 0 aromatic carbocycles. The third-order valence-electron chi connectivity index (χ3n) is 2.33. The largest absolute Gasteiger partial charge is 0.368 e. The number of nitrogens with two attached hydrogens (primary N) is 1. The van der Waals surface area contributed by atoms with Crippen LogP contribution in [0.4, 0.5) is 0 Å². The molecule has 1 aromatic heterocycles. The van der Waals surface area contributed by atoms with Crippen molar-refractivity contribution >= 4 is 35.0 Å². The SMILES string of the molecule is CC(C)C(NC(=O)c1cc(Cl)ncc1Cl)C(N)=O. The lowest BCUT2D eigenvalue weighted by atomic mass is 10.0. The molecule has 1 rings (SSSR count). The zero-order valence-electron chi connectivity index (χ0n) is 9.91. The van der Waals surface area contributed by atoms with Gasteiger partial charge in [-0.3, -0.25) is 9.59 Å². The fourth-order valence-corrected chi connectivity index (χ4v) is 1.72. The van der Waals surface area contributed by atoms with E-state index in [0.29, 0.717) is 0 Å². The molecule has 3 N–H and O–H groups in total. The van der Waals surface area contributed by atoms with Crippen LogP contribution in [-0.4, -0.2) is 22.8 Å². The summed E-state index contributed by atoms with van der Waals surface area (Å²) in [4.78, 5) is 26.9. The first-order valence-corrected chi connectivity index (χ1v) is 5.99. The molecule has 1 unspecified atom stereocenters. The van der Waals surface area contributed by atoms with E-state index in [0.717, 1.165) is 0 Å². The van der Waals surface area contributed by atoms with Gasteiger partial charge in [0.15, 0.2) is 0 Å². The summed E-state index contributed by atoms with van der Waals surface area (Å²) in [7, 11) is 0. The van der Waals surface area contributed by atoms with E-state index >= 15 is 0 Å². The maximum Gasteiger partial charge on any atom is 0.253 e. The average Bonchev–Trinajstić information content (AvgIpc) is 2.28. The second-order valence-corrected chi connectivity index (χ2v) is 4.88. The van der Waals surface area contributed by atoms with E-state index in [1.807, 2.05) is 0 Å². The fourth-order valence-electron chi connectivity index (χ4n) is 1.37. The lowest BCUT2D eigenvalue weighted by molar-refractivity contribution is -0.120. The highest BCUT2D eigenvalue weighted by Crippen LogP contribution is 2.18. The van der Waals surface area contributed by atoms with E-state index in [1.165, 1.54) is 12.3 Å². The Morgan fingerprint density at radius 2 is 2.00 bits per heavy atom. The highest BCUT2D eigenvalue weighted by molar-refractivity contribution is 6.35. The Labute approximate surface area is 115 Å². The molecule has 1 aromatic rings. The van der Waals surface area contributed by atoms with Gasteiger partial charge in [0.25, 0.3) is 5.91 Å². The van der Waals surface area contributed by atoms with Crippen LogP contribution in [0.1, 0.15) is 24.2 Å². The first-order chi connectivity index (χ1) is 8.32. The number of nitrogens with one attached hydrogen (secondary N) is 1. The van der Waals surface area contributed by atoms with Crippen LogP contribution in [-0.2, 0) is 4.79 Å². The molecule has 2 amide bonds. The molecule has 5 nitrogen and oxygen atoms in total. The molecule has 1 heterocycles. The number of amides is 2. The highest BCUT2D eigenvalue weighted by atomic mass is 35.5. The zero-order valence-corrected chi connectivity index (χ0v) is 11.4. The molecule has 0 aliphatic carbocycles. The van der Waals surface area contributed by atoms with Crippen molar-refractivity contribution in [2.24, 2.45) is 11.7 Å². The van der Waals surface area contributed by atoms with E-state index in [1.54, 1.807) is 13.8 Å². The Bertz CT molecular complexity index is 477. The minimum Gasteiger partial charge on any atom is -0.368 e. The predicted octanol–water partition coefficient (Wildman–Crippen LogP) is 1.63. The molecule has 18 heavy (non-hydrogen) atoms. The van der Waals surface area contributed by atoms with Gasteiger partial charge in [-0.1, -0.05) is 37.0 Å². The molecule has 0 radical (unpaired) electrons. The number of carbonyl (C=O) groups excluding carboxylic acids is 2. The summed E-state index contributed by atoms with van der Waals surface area (Å²) in [6.07, 6.45) is 1.27. The lowest BCUT2D eigenvalue weighted by Crippen LogP contribution is -2.47. The summed E-state index contributed by atoms with van der Waals surface area (Å²) in [6, 6.07) is 0.568. The number of carbonyl (C=O) groups is 2. The van der Waals surface area contributed by atoms with Crippen molar-refractivity contribution in [2.45, 2.75) is 19.9 Å². The number of pyridine rings is 1. The van der Waals surface area contributed by atoms with Crippen LogP contribution >= 0.6 is 23.2 Å². The number of primary amides is 1. The molecular weight excluding hydrogens is 277 g/mol. The molecule has 0 saturated heterocycles. The second-order valence-electron chi connectivity index (χ2n) is 4.08. The van der Waals surface area contributed by atoms with Crippen LogP contribution in [0.5, 0.6) is 0 Å². The minimum absolute atomic E-state index is 0.123. The van der Waals surface area contributed by atoms with E-state index in [9.17, 15) is 9.59 Å². The van der Waals surface area contributed by atoms with Crippen molar-refractivity contribution < 1.29 is 9.59 Å². The predicted molar refractivity (Wildman–Crippen MR) is 69.5 cm³/mol. The maximum atomic E-state index is 11.9. The van der Waals surface area contributed by atoms with Crippen LogP contribution in [0.3, 0.4) is 0 Å². The van der Waals surface area contributed by atoms with Gasteiger partial charge >= 0.3 is 0 Å². The third-order valence-corrected chi connectivity index (χ3v) is 2.83. The van der Waals surface area contributed by atoms with Gasteiger partial charge in [0.05, 0.1) is 10.6 Å². The molecule has 7 heteroatoms. The molecular formula is C11H13Cl2N3O2. The van der Waals surface area contributed by atoms with Crippen LogP contribution in [0.25, 0.3) is 0 Å². The first kappa shape index (κ1) is 14.7. The Hall–Kier alpha value is -1.33. The van der Waals surface area contributed by atoms with E-state index < -0.39 is 17.9 Å².